The molecule has 0 aliphatic heterocycles. The van der Waals surface area contributed by atoms with Crippen LogP contribution >= 0.6 is 0 Å². The van der Waals surface area contributed by atoms with Crippen molar-refractivity contribution in [2.24, 2.45) is 11.7 Å². The van der Waals surface area contributed by atoms with Gasteiger partial charge in [-0.2, -0.15) is 0 Å². The fourth-order valence-electron chi connectivity index (χ4n) is 2.68. The maximum Gasteiger partial charge on any atom is 0.114 e. The number of pyridine rings is 1. The summed E-state index contributed by atoms with van der Waals surface area (Å²) in [6, 6.07) is 2.41. The lowest BCUT2D eigenvalue weighted by molar-refractivity contribution is 0.459. The Labute approximate surface area is 115 Å². The van der Waals surface area contributed by atoms with Gasteiger partial charge in [0.2, 0.25) is 0 Å². The number of aromatic nitrogens is 3. The van der Waals surface area contributed by atoms with Crippen LogP contribution in [-0.4, -0.2) is 21.1 Å². The van der Waals surface area contributed by atoms with Crippen molar-refractivity contribution < 1.29 is 0 Å². The molecule has 0 saturated heterocycles. The summed E-state index contributed by atoms with van der Waals surface area (Å²) in [6.07, 6.45) is 4.73. The highest BCUT2D eigenvalue weighted by molar-refractivity contribution is 5.75. The average molecular weight is 260 g/mol. The minimum atomic E-state index is 0.315. The van der Waals surface area contributed by atoms with Gasteiger partial charge < -0.3 is 10.3 Å². The molecule has 0 saturated carbocycles. The lowest BCUT2D eigenvalue weighted by atomic mass is 9.96. The molecule has 0 aliphatic carbocycles. The van der Waals surface area contributed by atoms with Gasteiger partial charge >= 0.3 is 0 Å². The summed E-state index contributed by atoms with van der Waals surface area (Å²) in [5, 5.41) is 0. The van der Waals surface area contributed by atoms with Crippen LogP contribution in [0.4, 0.5) is 0 Å². The summed E-state index contributed by atoms with van der Waals surface area (Å²) in [4.78, 5) is 8.94. The molecular formula is C15H24N4. The third-order valence-electron chi connectivity index (χ3n) is 3.44. The van der Waals surface area contributed by atoms with Gasteiger partial charge in [-0.25, -0.2) is 4.98 Å². The average Bonchev–Trinajstić information content (AvgIpc) is 2.74. The first kappa shape index (κ1) is 14.0. The van der Waals surface area contributed by atoms with E-state index in [2.05, 4.69) is 37.2 Å². The van der Waals surface area contributed by atoms with Gasteiger partial charge in [-0.05, 0) is 32.3 Å². The van der Waals surface area contributed by atoms with E-state index in [1.165, 1.54) is 0 Å². The monoisotopic (exact) mass is 260 g/mol. The van der Waals surface area contributed by atoms with Crippen LogP contribution in [0.5, 0.6) is 0 Å². The number of hydrogen-bond acceptors (Lipinski definition) is 3. The van der Waals surface area contributed by atoms with Crippen LogP contribution in [-0.2, 0) is 0 Å². The van der Waals surface area contributed by atoms with Crippen molar-refractivity contribution in [3.63, 3.8) is 0 Å². The van der Waals surface area contributed by atoms with Crippen molar-refractivity contribution in [3.8, 4) is 0 Å². The van der Waals surface area contributed by atoms with Crippen molar-refractivity contribution in [1.29, 1.82) is 0 Å². The Hall–Kier alpha value is -1.42. The van der Waals surface area contributed by atoms with Gasteiger partial charge in [-0.1, -0.05) is 13.8 Å². The van der Waals surface area contributed by atoms with Gasteiger partial charge in [0.1, 0.15) is 11.3 Å². The van der Waals surface area contributed by atoms with Crippen LogP contribution in [0.25, 0.3) is 11.0 Å². The molecule has 2 N–H and O–H groups in total. The second-order valence-corrected chi connectivity index (χ2v) is 5.86. The van der Waals surface area contributed by atoms with Crippen LogP contribution in [0.1, 0.15) is 51.9 Å². The Morgan fingerprint density at radius 1 is 1.26 bits per heavy atom. The van der Waals surface area contributed by atoms with Gasteiger partial charge in [0.25, 0.3) is 0 Å². The molecule has 2 rings (SSSR count). The van der Waals surface area contributed by atoms with E-state index in [9.17, 15) is 0 Å². The molecule has 2 aromatic heterocycles. The molecule has 19 heavy (non-hydrogen) atoms. The highest BCUT2D eigenvalue weighted by atomic mass is 15.1. The molecule has 0 amide bonds. The molecule has 2 heterocycles. The van der Waals surface area contributed by atoms with Crippen LogP contribution < -0.4 is 5.73 Å². The first-order valence-corrected chi connectivity index (χ1v) is 7.06. The zero-order chi connectivity index (χ0) is 14.0. The van der Waals surface area contributed by atoms with Gasteiger partial charge in [0, 0.05) is 24.7 Å². The molecule has 4 nitrogen and oxygen atoms in total. The molecular weight excluding hydrogens is 236 g/mol. The number of nitrogens with two attached hydrogens (primary N) is 1. The summed E-state index contributed by atoms with van der Waals surface area (Å²) in [5.41, 5.74) is 8.10. The Bertz CT molecular complexity index is 542. The molecule has 0 radical (unpaired) electrons. The van der Waals surface area contributed by atoms with Crippen LogP contribution in [0, 0.1) is 5.92 Å². The van der Waals surface area contributed by atoms with Crippen LogP contribution in [0.3, 0.4) is 0 Å². The third-order valence-corrected chi connectivity index (χ3v) is 3.44. The summed E-state index contributed by atoms with van der Waals surface area (Å²) < 4.78 is 2.30. The number of imidazole rings is 1. The molecule has 1 atom stereocenters. The molecule has 2 aromatic rings. The first-order chi connectivity index (χ1) is 9.04. The van der Waals surface area contributed by atoms with E-state index in [0.29, 0.717) is 24.4 Å². The molecule has 104 valence electrons. The highest BCUT2D eigenvalue weighted by Crippen LogP contribution is 2.28. The van der Waals surface area contributed by atoms with E-state index >= 15 is 0 Å². The Balaban J connectivity index is 2.54. The maximum absolute atomic E-state index is 5.98. The summed E-state index contributed by atoms with van der Waals surface area (Å²) in [7, 11) is 0. The Morgan fingerprint density at radius 2 is 2.00 bits per heavy atom. The van der Waals surface area contributed by atoms with Crippen LogP contribution in [0.2, 0.25) is 0 Å². The number of hydrogen-bond donors (Lipinski definition) is 1. The van der Waals surface area contributed by atoms with Crippen molar-refractivity contribution in [1.82, 2.24) is 14.5 Å². The minimum Gasteiger partial charge on any atom is -0.330 e. The fraction of sp³-hybridized carbons (Fsp3) is 0.600. The van der Waals surface area contributed by atoms with E-state index in [0.717, 1.165) is 23.3 Å². The Morgan fingerprint density at radius 3 is 2.58 bits per heavy atom. The maximum atomic E-state index is 5.98. The quantitative estimate of drug-likeness (QED) is 0.898. The van der Waals surface area contributed by atoms with Gasteiger partial charge in [-0.15, -0.1) is 0 Å². The predicted octanol–water partition coefficient (Wildman–Crippen LogP) is 3.10. The molecule has 0 fully saturated rings. The van der Waals surface area contributed by atoms with Crippen molar-refractivity contribution in [3.05, 3.63) is 24.3 Å². The summed E-state index contributed by atoms with van der Waals surface area (Å²) in [5.74, 6) is 2.04. The first-order valence-electron chi connectivity index (χ1n) is 7.06. The fourth-order valence-corrected chi connectivity index (χ4v) is 2.68. The molecule has 1 unspecified atom stereocenters. The number of fused-ring (bicyclic) bond motifs is 1. The van der Waals surface area contributed by atoms with Crippen molar-refractivity contribution >= 4 is 11.0 Å². The van der Waals surface area contributed by atoms with Gasteiger partial charge in [-0.3, -0.25) is 4.98 Å². The normalized spacial score (nSPS) is 13.6. The van der Waals surface area contributed by atoms with Gasteiger partial charge in [0.15, 0.2) is 0 Å². The third kappa shape index (κ3) is 2.78. The second-order valence-electron chi connectivity index (χ2n) is 5.86. The van der Waals surface area contributed by atoms with E-state index in [1.807, 2.05) is 18.5 Å². The number of rotatable bonds is 5. The van der Waals surface area contributed by atoms with Crippen LogP contribution in [0.15, 0.2) is 18.5 Å². The SMILES string of the molecule is CC(C)CC(CN)c1nc2cnccc2n1C(C)C. The highest BCUT2D eigenvalue weighted by Gasteiger charge is 2.21. The molecule has 0 aliphatic rings. The topological polar surface area (TPSA) is 56.7 Å². The lowest BCUT2D eigenvalue weighted by Gasteiger charge is -2.20. The molecule has 4 heteroatoms. The zero-order valence-electron chi connectivity index (χ0n) is 12.3. The molecule has 0 bridgehead atoms. The van der Waals surface area contributed by atoms with Gasteiger partial charge in [0.05, 0.1) is 11.7 Å². The van der Waals surface area contributed by atoms with E-state index in [1.54, 1.807) is 0 Å². The summed E-state index contributed by atoms with van der Waals surface area (Å²) >= 11 is 0. The van der Waals surface area contributed by atoms with Crippen molar-refractivity contribution in [2.45, 2.75) is 46.1 Å². The van der Waals surface area contributed by atoms with E-state index in [-0.39, 0.29) is 0 Å². The van der Waals surface area contributed by atoms with E-state index < -0.39 is 0 Å². The molecule has 0 aromatic carbocycles. The molecule has 0 spiro atoms. The lowest BCUT2D eigenvalue weighted by Crippen LogP contribution is -2.20. The second kappa shape index (κ2) is 5.70. The Kier molecular flexibility index (Phi) is 4.20. The standard InChI is InChI=1S/C15H24N4/c1-10(2)7-12(8-16)15-18-13-9-17-6-5-14(13)19(15)11(3)4/h5-6,9-12H,7-8,16H2,1-4H3. The largest absolute Gasteiger partial charge is 0.330 e. The predicted molar refractivity (Wildman–Crippen MR) is 79.2 cm³/mol. The number of nitrogens with zero attached hydrogens (tertiary/aromatic N) is 3. The minimum absolute atomic E-state index is 0.315. The van der Waals surface area contributed by atoms with Crippen molar-refractivity contribution in [2.75, 3.05) is 6.54 Å². The van der Waals surface area contributed by atoms with E-state index in [4.69, 9.17) is 10.7 Å². The zero-order valence-corrected chi connectivity index (χ0v) is 12.3. The summed E-state index contributed by atoms with van der Waals surface area (Å²) in [6.45, 7) is 9.48. The smallest absolute Gasteiger partial charge is 0.114 e.